The number of hydrogen-bond acceptors (Lipinski definition) is 6. The second-order valence-electron chi connectivity index (χ2n) is 5.73. The van der Waals surface area contributed by atoms with Gasteiger partial charge in [-0.2, -0.15) is 8.42 Å². The van der Waals surface area contributed by atoms with Crippen molar-refractivity contribution in [2.45, 2.75) is 30.6 Å². The summed E-state index contributed by atoms with van der Waals surface area (Å²) in [5.74, 6) is -2.23. The van der Waals surface area contributed by atoms with E-state index in [1.165, 1.54) is 19.1 Å². The van der Waals surface area contributed by atoms with E-state index in [1.807, 2.05) is 0 Å². The van der Waals surface area contributed by atoms with Crippen LogP contribution in [0.5, 0.6) is 0 Å². The number of benzene rings is 1. The van der Waals surface area contributed by atoms with Gasteiger partial charge < -0.3 is 9.63 Å². The average Bonchev–Trinajstić information content (AvgIpc) is 3.23. The van der Waals surface area contributed by atoms with E-state index < -0.39 is 37.5 Å². The predicted molar refractivity (Wildman–Crippen MR) is 84.9 cm³/mol. The van der Waals surface area contributed by atoms with Crippen molar-refractivity contribution >= 4 is 33.5 Å². The molecule has 3 rings (SSSR count). The van der Waals surface area contributed by atoms with Gasteiger partial charge in [0.15, 0.2) is 5.76 Å². The number of aromatic carboxylic acids is 1. The molecule has 10 heteroatoms. The third-order valence-corrected chi connectivity index (χ3v) is 5.44. The zero-order valence-corrected chi connectivity index (χ0v) is 14.4. The summed E-state index contributed by atoms with van der Waals surface area (Å²) in [6.45, 7) is 1.40. The summed E-state index contributed by atoms with van der Waals surface area (Å²) < 4.78 is 37.4. The lowest BCUT2D eigenvalue weighted by Crippen LogP contribution is -2.13. The summed E-state index contributed by atoms with van der Waals surface area (Å²) >= 11 is 6.03. The molecule has 1 saturated carbocycles. The largest absolute Gasteiger partial charge is 0.476 e. The van der Waals surface area contributed by atoms with E-state index in [1.54, 1.807) is 0 Å². The molecule has 1 aliphatic rings. The third-order valence-electron chi connectivity index (χ3n) is 3.89. The number of nitrogens with zero attached hydrogens (tertiary/aromatic N) is 1. The summed E-state index contributed by atoms with van der Waals surface area (Å²) in [4.78, 5) is 23.6. The lowest BCUT2D eigenvalue weighted by atomic mass is 9.98. The van der Waals surface area contributed by atoms with Gasteiger partial charge in [-0.1, -0.05) is 22.8 Å². The average molecular weight is 386 g/mol. The normalized spacial score (nSPS) is 14.5. The van der Waals surface area contributed by atoms with Crippen LogP contribution in [0, 0.1) is 6.92 Å². The van der Waals surface area contributed by atoms with E-state index in [4.69, 9.17) is 16.1 Å². The molecule has 132 valence electrons. The number of carbonyl (C=O) groups excluding carboxylic acids is 1. The Morgan fingerprint density at radius 2 is 1.96 bits per heavy atom. The van der Waals surface area contributed by atoms with Crippen LogP contribution in [0.25, 0.3) is 0 Å². The highest BCUT2D eigenvalue weighted by molar-refractivity contribution is 7.86. The van der Waals surface area contributed by atoms with Crippen molar-refractivity contribution in [2.24, 2.45) is 0 Å². The number of ketones is 1. The fourth-order valence-corrected chi connectivity index (χ4v) is 3.97. The first-order valence-electron chi connectivity index (χ1n) is 7.17. The summed E-state index contributed by atoms with van der Waals surface area (Å²) in [5, 5.41) is 12.2. The van der Waals surface area contributed by atoms with Gasteiger partial charge in [0.25, 0.3) is 10.1 Å². The summed E-state index contributed by atoms with van der Waals surface area (Å²) in [7, 11) is -4.67. The van der Waals surface area contributed by atoms with Crippen LogP contribution in [-0.4, -0.2) is 35.0 Å². The molecule has 8 nitrogen and oxygen atoms in total. The Kier molecular flexibility index (Phi) is 4.18. The van der Waals surface area contributed by atoms with Crippen molar-refractivity contribution in [3.63, 3.8) is 0 Å². The molecule has 0 spiro atoms. The predicted octanol–water partition coefficient (Wildman–Crippen LogP) is 2.69. The Labute approximate surface area is 147 Å². The van der Waals surface area contributed by atoms with Crippen LogP contribution in [0.4, 0.5) is 0 Å². The molecule has 0 unspecified atom stereocenters. The van der Waals surface area contributed by atoms with Crippen LogP contribution in [0.2, 0.25) is 5.02 Å². The Hall–Kier alpha value is -2.23. The summed E-state index contributed by atoms with van der Waals surface area (Å²) in [6, 6.07) is 2.57. The number of halogens is 1. The van der Waals surface area contributed by atoms with Gasteiger partial charge in [-0.05, 0) is 31.4 Å². The van der Waals surface area contributed by atoms with Crippen molar-refractivity contribution in [1.82, 2.24) is 5.16 Å². The van der Waals surface area contributed by atoms with Crippen LogP contribution in [0.3, 0.4) is 0 Å². The van der Waals surface area contributed by atoms with E-state index in [0.717, 1.165) is 12.8 Å². The highest BCUT2D eigenvalue weighted by Gasteiger charge is 2.38. The van der Waals surface area contributed by atoms with Gasteiger partial charge in [-0.15, -0.1) is 0 Å². The number of rotatable bonds is 5. The van der Waals surface area contributed by atoms with Gasteiger partial charge in [-0.25, -0.2) is 4.79 Å². The van der Waals surface area contributed by atoms with E-state index >= 15 is 0 Å². The van der Waals surface area contributed by atoms with Crippen LogP contribution in [-0.2, 0) is 10.1 Å². The van der Waals surface area contributed by atoms with Gasteiger partial charge >= 0.3 is 5.97 Å². The topological polar surface area (TPSA) is 135 Å². The lowest BCUT2D eigenvalue weighted by molar-refractivity contribution is 0.0682. The molecule has 0 atom stereocenters. The molecule has 25 heavy (non-hydrogen) atoms. The Morgan fingerprint density at radius 1 is 1.32 bits per heavy atom. The zero-order chi connectivity index (χ0) is 18.5. The Bertz CT molecular complexity index is 1010. The number of hydrogen-bond donors (Lipinski definition) is 2. The zero-order valence-electron chi connectivity index (χ0n) is 12.8. The summed E-state index contributed by atoms with van der Waals surface area (Å²) in [6.07, 6.45) is 1.46. The van der Waals surface area contributed by atoms with Gasteiger partial charge in [0.2, 0.25) is 11.5 Å². The first-order valence-corrected chi connectivity index (χ1v) is 8.99. The second kappa shape index (κ2) is 5.94. The van der Waals surface area contributed by atoms with Crippen molar-refractivity contribution in [1.29, 1.82) is 0 Å². The molecule has 0 radical (unpaired) electrons. The third kappa shape index (κ3) is 3.06. The molecule has 1 aromatic heterocycles. The maximum Gasteiger partial charge on any atom is 0.358 e. The number of carbonyl (C=O) groups is 2. The van der Waals surface area contributed by atoms with Crippen molar-refractivity contribution in [2.75, 3.05) is 0 Å². The fourth-order valence-electron chi connectivity index (χ4n) is 2.57. The van der Waals surface area contributed by atoms with E-state index in [2.05, 4.69) is 5.16 Å². The minimum absolute atomic E-state index is 0.107. The van der Waals surface area contributed by atoms with Gasteiger partial charge in [0.1, 0.15) is 10.5 Å². The molecule has 1 heterocycles. The molecule has 0 amide bonds. The van der Waals surface area contributed by atoms with Crippen molar-refractivity contribution in [3.05, 3.63) is 45.3 Å². The highest BCUT2D eigenvalue weighted by atomic mass is 35.5. The number of aryl methyl sites for hydroxylation is 1. The molecule has 1 aliphatic carbocycles. The Morgan fingerprint density at radius 3 is 2.48 bits per heavy atom. The quantitative estimate of drug-likeness (QED) is 0.592. The molecule has 2 N–H and O–H groups in total. The number of aromatic nitrogens is 1. The van der Waals surface area contributed by atoms with Crippen LogP contribution in [0.1, 0.15) is 56.5 Å². The standard InChI is InChI=1S/C15H12ClNO7S/c1-6-2-5-8(10(16)14(6)25(21,22)23)12(18)9-11(15(19)20)17-24-13(9)7-3-4-7/h2,5,7H,3-4H2,1H3,(H,19,20)(H,21,22,23). The molecule has 0 aliphatic heterocycles. The molecule has 1 aromatic carbocycles. The molecule has 2 aromatic rings. The molecular formula is C15H12ClNO7S. The van der Waals surface area contributed by atoms with Gasteiger partial charge in [0, 0.05) is 11.5 Å². The van der Waals surface area contributed by atoms with Crippen LogP contribution >= 0.6 is 11.6 Å². The Balaban J connectivity index is 2.21. The highest BCUT2D eigenvalue weighted by Crippen LogP contribution is 2.43. The van der Waals surface area contributed by atoms with Crippen molar-refractivity contribution < 1.29 is 32.2 Å². The smallest absolute Gasteiger partial charge is 0.358 e. The van der Waals surface area contributed by atoms with Gasteiger partial charge in [0.05, 0.1) is 5.02 Å². The molecule has 0 saturated heterocycles. The summed E-state index contributed by atoms with van der Waals surface area (Å²) in [5.41, 5.74) is -0.915. The molecule has 1 fully saturated rings. The van der Waals surface area contributed by atoms with E-state index in [-0.39, 0.29) is 28.4 Å². The fraction of sp³-hybridized carbons (Fsp3) is 0.267. The number of carboxylic acid groups (broad SMARTS) is 1. The minimum Gasteiger partial charge on any atom is -0.476 e. The molecule has 0 bridgehead atoms. The number of carboxylic acids is 1. The monoisotopic (exact) mass is 385 g/mol. The van der Waals surface area contributed by atoms with Crippen molar-refractivity contribution in [3.8, 4) is 0 Å². The van der Waals surface area contributed by atoms with Crippen LogP contribution in [0.15, 0.2) is 21.6 Å². The first-order chi connectivity index (χ1) is 11.6. The maximum absolute atomic E-state index is 12.9. The van der Waals surface area contributed by atoms with E-state index in [0.29, 0.717) is 0 Å². The molecular weight excluding hydrogens is 374 g/mol. The van der Waals surface area contributed by atoms with Crippen LogP contribution < -0.4 is 0 Å². The van der Waals surface area contributed by atoms with Gasteiger partial charge in [-0.3, -0.25) is 9.35 Å². The lowest BCUT2D eigenvalue weighted by Gasteiger charge is -2.10. The van der Waals surface area contributed by atoms with E-state index in [9.17, 15) is 27.7 Å². The maximum atomic E-state index is 12.9. The minimum atomic E-state index is -4.67. The first kappa shape index (κ1) is 17.6. The second-order valence-corrected chi connectivity index (χ2v) is 7.46. The SMILES string of the molecule is Cc1ccc(C(=O)c2c(C(=O)O)noc2C2CC2)c(Cl)c1S(=O)(=O)O.